The maximum Gasteiger partial charge on any atom is 0.263 e. The van der Waals surface area contributed by atoms with Crippen LogP contribution in [0.4, 0.5) is 0 Å². The fourth-order valence-electron chi connectivity index (χ4n) is 2.71. The highest BCUT2D eigenvalue weighted by atomic mass is 35.5. The summed E-state index contributed by atoms with van der Waals surface area (Å²) >= 11 is 5.90. The van der Waals surface area contributed by atoms with Crippen molar-refractivity contribution in [3.63, 3.8) is 0 Å². The van der Waals surface area contributed by atoms with Crippen LogP contribution in [0.5, 0.6) is 5.75 Å². The quantitative estimate of drug-likeness (QED) is 0.709. The summed E-state index contributed by atoms with van der Waals surface area (Å²) in [5, 5.41) is 0.690. The zero-order valence-corrected chi connectivity index (χ0v) is 16.3. The molecule has 0 saturated carbocycles. The highest BCUT2D eigenvalue weighted by Crippen LogP contribution is 2.28. The molecule has 0 radical (unpaired) electrons. The summed E-state index contributed by atoms with van der Waals surface area (Å²) in [6.07, 6.45) is -0.545. The van der Waals surface area contributed by atoms with Gasteiger partial charge in [0.2, 0.25) is 0 Å². The van der Waals surface area contributed by atoms with E-state index >= 15 is 0 Å². The summed E-state index contributed by atoms with van der Waals surface area (Å²) in [6, 6.07) is 13.7. The third kappa shape index (κ3) is 5.23. The van der Waals surface area contributed by atoms with Crippen molar-refractivity contribution in [3.05, 3.63) is 64.2 Å². The minimum Gasteiger partial charge on any atom is -0.481 e. The summed E-state index contributed by atoms with van der Waals surface area (Å²) in [5.74, 6) is 1.08. The lowest BCUT2D eigenvalue weighted by molar-refractivity contribution is -0.137. The van der Waals surface area contributed by atoms with Crippen LogP contribution in [0.25, 0.3) is 0 Å². The molecule has 2 aromatic carbocycles. The number of carbonyl (C=O) groups is 1. The Morgan fingerprint density at radius 3 is 2.36 bits per heavy atom. The van der Waals surface area contributed by atoms with Crippen molar-refractivity contribution in [2.75, 3.05) is 7.05 Å². The van der Waals surface area contributed by atoms with Crippen molar-refractivity contribution >= 4 is 17.5 Å². The first-order valence-corrected chi connectivity index (χ1v) is 8.92. The Kier molecular flexibility index (Phi) is 6.49. The molecule has 0 aliphatic heterocycles. The highest BCUT2D eigenvalue weighted by molar-refractivity contribution is 6.30. The zero-order chi connectivity index (χ0) is 18.6. The summed E-state index contributed by atoms with van der Waals surface area (Å²) in [4.78, 5) is 14.3. The van der Waals surface area contributed by atoms with E-state index in [1.807, 2.05) is 37.3 Å². The maximum absolute atomic E-state index is 12.7. The lowest BCUT2D eigenvalue weighted by Crippen LogP contribution is -2.37. The Morgan fingerprint density at radius 1 is 1.12 bits per heavy atom. The molecular formula is C21H26ClNO2. The Morgan fingerprint density at radius 2 is 1.76 bits per heavy atom. The van der Waals surface area contributed by atoms with E-state index < -0.39 is 6.10 Å². The molecule has 134 valence electrons. The minimum absolute atomic E-state index is 0.0498. The smallest absolute Gasteiger partial charge is 0.263 e. The fraction of sp³-hybridized carbons (Fsp3) is 0.381. The van der Waals surface area contributed by atoms with Crippen LogP contribution in [-0.4, -0.2) is 24.0 Å². The molecule has 0 aliphatic carbocycles. The first-order valence-electron chi connectivity index (χ1n) is 8.54. The van der Waals surface area contributed by atoms with Crippen LogP contribution in [0.15, 0.2) is 42.5 Å². The van der Waals surface area contributed by atoms with Gasteiger partial charge in [-0.2, -0.15) is 0 Å². The van der Waals surface area contributed by atoms with Gasteiger partial charge in [0.1, 0.15) is 5.75 Å². The molecule has 0 heterocycles. The SMILES string of the molecule is Cc1ccc(C(C)C)c(O[C@H](C)C(=O)N(C)Cc2ccc(Cl)cc2)c1. The molecule has 2 rings (SSSR count). The number of ether oxygens (including phenoxy) is 1. The van der Waals surface area contributed by atoms with Crippen molar-refractivity contribution in [1.29, 1.82) is 0 Å². The Hall–Kier alpha value is -2.00. The summed E-state index contributed by atoms with van der Waals surface area (Å²) in [6.45, 7) is 8.59. The molecule has 0 unspecified atom stereocenters. The standard InChI is InChI=1S/C21H26ClNO2/c1-14(2)19-11-6-15(3)12-20(19)25-16(4)21(24)23(5)13-17-7-9-18(22)10-8-17/h6-12,14,16H,13H2,1-5H3/t16-/m1/s1. The summed E-state index contributed by atoms with van der Waals surface area (Å²) in [5.41, 5.74) is 3.27. The van der Waals surface area contributed by atoms with Crippen molar-refractivity contribution in [2.45, 2.75) is 46.3 Å². The number of hydrogen-bond donors (Lipinski definition) is 0. The number of rotatable bonds is 6. The molecule has 25 heavy (non-hydrogen) atoms. The molecule has 1 atom stereocenters. The maximum atomic E-state index is 12.7. The Labute approximate surface area is 155 Å². The molecular weight excluding hydrogens is 334 g/mol. The number of likely N-dealkylation sites (N-methyl/N-ethyl adjacent to an activating group) is 1. The van der Waals surface area contributed by atoms with Crippen molar-refractivity contribution < 1.29 is 9.53 Å². The second-order valence-corrected chi connectivity index (χ2v) is 7.21. The van der Waals surface area contributed by atoms with Gasteiger partial charge in [0.05, 0.1) is 0 Å². The second-order valence-electron chi connectivity index (χ2n) is 6.78. The first-order chi connectivity index (χ1) is 11.8. The molecule has 0 aliphatic rings. The van der Waals surface area contributed by atoms with Crippen molar-refractivity contribution in [1.82, 2.24) is 4.90 Å². The van der Waals surface area contributed by atoms with Gasteiger partial charge < -0.3 is 9.64 Å². The van der Waals surface area contributed by atoms with Gasteiger partial charge in [-0.15, -0.1) is 0 Å². The highest BCUT2D eigenvalue weighted by Gasteiger charge is 2.21. The van der Waals surface area contributed by atoms with Gasteiger partial charge in [0.25, 0.3) is 5.91 Å². The number of amides is 1. The third-order valence-electron chi connectivity index (χ3n) is 4.15. The predicted molar refractivity (Wildman–Crippen MR) is 103 cm³/mol. The number of benzene rings is 2. The van der Waals surface area contributed by atoms with Crippen molar-refractivity contribution in [3.8, 4) is 5.75 Å². The zero-order valence-electron chi connectivity index (χ0n) is 15.5. The lowest BCUT2D eigenvalue weighted by Gasteiger charge is -2.24. The predicted octanol–water partition coefficient (Wildman–Crippen LogP) is 5.20. The van der Waals surface area contributed by atoms with E-state index in [4.69, 9.17) is 16.3 Å². The van der Waals surface area contributed by atoms with Crippen LogP contribution in [-0.2, 0) is 11.3 Å². The van der Waals surface area contributed by atoms with Gasteiger partial charge in [-0.1, -0.05) is 49.7 Å². The lowest BCUT2D eigenvalue weighted by atomic mass is 10.0. The van der Waals surface area contributed by atoms with Crippen LogP contribution in [0.1, 0.15) is 43.4 Å². The molecule has 1 amide bonds. The van der Waals surface area contributed by atoms with Crippen LogP contribution < -0.4 is 4.74 Å². The van der Waals surface area contributed by atoms with E-state index in [1.165, 1.54) is 0 Å². The normalized spacial score (nSPS) is 12.1. The van der Waals surface area contributed by atoms with Crippen molar-refractivity contribution in [2.24, 2.45) is 0 Å². The summed E-state index contributed by atoms with van der Waals surface area (Å²) in [7, 11) is 1.79. The third-order valence-corrected chi connectivity index (χ3v) is 4.40. The fourth-order valence-corrected chi connectivity index (χ4v) is 2.84. The molecule has 0 spiro atoms. The number of aryl methyl sites for hydroxylation is 1. The molecule has 0 fully saturated rings. The second kappa shape index (κ2) is 8.39. The van der Waals surface area contributed by atoms with Gasteiger partial charge in [0.15, 0.2) is 6.10 Å². The molecule has 0 bridgehead atoms. The molecule has 0 aromatic heterocycles. The van der Waals surface area contributed by atoms with E-state index in [1.54, 1.807) is 18.9 Å². The van der Waals surface area contributed by atoms with Gasteiger partial charge in [-0.3, -0.25) is 4.79 Å². The molecule has 0 N–H and O–H groups in total. The number of hydrogen-bond acceptors (Lipinski definition) is 2. The minimum atomic E-state index is -0.545. The monoisotopic (exact) mass is 359 g/mol. The van der Waals surface area contributed by atoms with Gasteiger partial charge in [-0.05, 0) is 54.7 Å². The molecule has 0 saturated heterocycles. The van der Waals surface area contributed by atoms with E-state index in [9.17, 15) is 4.79 Å². The first kappa shape index (κ1) is 19.3. The van der Waals surface area contributed by atoms with Gasteiger partial charge in [-0.25, -0.2) is 0 Å². The van der Waals surface area contributed by atoms with E-state index in [0.29, 0.717) is 17.5 Å². The number of nitrogens with zero attached hydrogens (tertiary/aromatic N) is 1. The molecule has 4 heteroatoms. The van der Waals surface area contributed by atoms with Crippen LogP contribution in [0.2, 0.25) is 5.02 Å². The Balaban J connectivity index is 2.07. The van der Waals surface area contributed by atoms with Gasteiger partial charge in [0, 0.05) is 18.6 Å². The number of halogens is 1. The average molecular weight is 360 g/mol. The Bertz CT molecular complexity index is 725. The largest absolute Gasteiger partial charge is 0.481 e. The molecule has 3 nitrogen and oxygen atoms in total. The molecule has 2 aromatic rings. The average Bonchev–Trinajstić information content (AvgIpc) is 2.55. The number of carbonyl (C=O) groups excluding carboxylic acids is 1. The van der Waals surface area contributed by atoms with E-state index in [2.05, 4.69) is 26.0 Å². The topological polar surface area (TPSA) is 29.5 Å². The van der Waals surface area contributed by atoms with E-state index in [0.717, 1.165) is 22.4 Å². The summed E-state index contributed by atoms with van der Waals surface area (Å²) < 4.78 is 6.02. The van der Waals surface area contributed by atoms with Crippen LogP contribution in [0, 0.1) is 6.92 Å². The van der Waals surface area contributed by atoms with E-state index in [-0.39, 0.29) is 5.91 Å². The van der Waals surface area contributed by atoms with Gasteiger partial charge >= 0.3 is 0 Å². The van der Waals surface area contributed by atoms with Crippen LogP contribution in [0.3, 0.4) is 0 Å². The van der Waals surface area contributed by atoms with Crippen LogP contribution >= 0.6 is 11.6 Å².